The highest BCUT2D eigenvalue weighted by Gasteiger charge is 2.01. The van der Waals surface area contributed by atoms with Gasteiger partial charge in [-0.3, -0.25) is 9.89 Å². The second-order valence-corrected chi connectivity index (χ2v) is 4.77. The SMILES string of the molecule is COc1ccc(/C=C/C(=O)Nc2ccc3[nH]ncc3c2)cc1. The summed E-state index contributed by atoms with van der Waals surface area (Å²) in [6.07, 6.45) is 4.98. The number of rotatable bonds is 4. The number of hydrogen-bond donors (Lipinski definition) is 2. The highest BCUT2D eigenvalue weighted by Crippen LogP contribution is 2.17. The molecule has 1 heterocycles. The fraction of sp³-hybridized carbons (Fsp3) is 0.0588. The van der Waals surface area contributed by atoms with Crippen molar-refractivity contribution in [3.63, 3.8) is 0 Å². The highest BCUT2D eigenvalue weighted by atomic mass is 16.5. The summed E-state index contributed by atoms with van der Waals surface area (Å²) in [5.41, 5.74) is 2.60. The molecule has 0 fully saturated rings. The van der Waals surface area contributed by atoms with Gasteiger partial charge in [-0.1, -0.05) is 12.1 Å². The molecule has 2 N–H and O–H groups in total. The minimum Gasteiger partial charge on any atom is -0.497 e. The summed E-state index contributed by atoms with van der Waals surface area (Å²) < 4.78 is 5.09. The predicted molar refractivity (Wildman–Crippen MR) is 86.8 cm³/mol. The smallest absolute Gasteiger partial charge is 0.248 e. The molecule has 0 spiro atoms. The molecule has 0 aliphatic rings. The van der Waals surface area contributed by atoms with E-state index in [1.165, 1.54) is 6.08 Å². The van der Waals surface area contributed by atoms with Crippen molar-refractivity contribution in [3.05, 3.63) is 60.3 Å². The molecule has 0 aliphatic carbocycles. The first-order valence-electron chi connectivity index (χ1n) is 6.81. The lowest BCUT2D eigenvalue weighted by atomic mass is 10.2. The molecule has 22 heavy (non-hydrogen) atoms. The molecule has 3 aromatic rings. The molecule has 0 atom stereocenters. The molecule has 3 rings (SSSR count). The Kier molecular flexibility index (Phi) is 3.87. The Morgan fingerprint density at radius 2 is 2.05 bits per heavy atom. The highest BCUT2D eigenvalue weighted by molar-refractivity contribution is 6.02. The van der Waals surface area contributed by atoms with E-state index in [-0.39, 0.29) is 5.91 Å². The monoisotopic (exact) mass is 293 g/mol. The number of nitrogens with one attached hydrogen (secondary N) is 2. The zero-order valence-corrected chi connectivity index (χ0v) is 12.0. The van der Waals surface area contributed by atoms with Gasteiger partial charge in [0.05, 0.1) is 18.8 Å². The van der Waals surface area contributed by atoms with E-state index in [9.17, 15) is 4.79 Å². The molecular weight excluding hydrogens is 278 g/mol. The maximum atomic E-state index is 11.9. The van der Waals surface area contributed by atoms with Crippen molar-refractivity contribution in [2.75, 3.05) is 12.4 Å². The zero-order chi connectivity index (χ0) is 15.4. The van der Waals surface area contributed by atoms with E-state index in [1.807, 2.05) is 42.5 Å². The Bertz CT molecular complexity index is 819. The molecule has 0 saturated heterocycles. The molecule has 0 unspecified atom stereocenters. The molecule has 1 amide bonds. The summed E-state index contributed by atoms with van der Waals surface area (Å²) in [6, 6.07) is 13.1. The number of benzene rings is 2. The van der Waals surface area contributed by atoms with E-state index in [2.05, 4.69) is 15.5 Å². The van der Waals surface area contributed by atoms with E-state index in [0.29, 0.717) is 0 Å². The minimum atomic E-state index is -0.182. The van der Waals surface area contributed by atoms with Crippen LogP contribution in [0.5, 0.6) is 5.75 Å². The van der Waals surface area contributed by atoms with Crippen LogP contribution in [0.3, 0.4) is 0 Å². The lowest BCUT2D eigenvalue weighted by Crippen LogP contribution is -2.07. The van der Waals surface area contributed by atoms with Crippen molar-refractivity contribution in [1.82, 2.24) is 10.2 Å². The molecule has 0 aliphatic heterocycles. The third-order valence-corrected chi connectivity index (χ3v) is 3.25. The van der Waals surface area contributed by atoms with Crippen LogP contribution < -0.4 is 10.1 Å². The number of aromatic amines is 1. The molecule has 110 valence electrons. The molecule has 5 heteroatoms. The van der Waals surface area contributed by atoms with E-state index in [1.54, 1.807) is 19.4 Å². The first-order valence-corrected chi connectivity index (χ1v) is 6.81. The van der Waals surface area contributed by atoms with Crippen molar-refractivity contribution >= 4 is 28.6 Å². The van der Waals surface area contributed by atoms with Gasteiger partial charge in [-0.15, -0.1) is 0 Å². The van der Waals surface area contributed by atoms with E-state index >= 15 is 0 Å². The van der Waals surface area contributed by atoms with Gasteiger partial charge in [0.15, 0.2) is 0 Å². The van der Waals surface area contributed by atoms with Crippen molar-refractivity contribution in [3.8, 4) is 5.75 Å². The maximum absolute atomic E-state index is 11.9. The largest absolute Gasteiger partial charge is 0.497 e. The van der Waals surface area contributed by atoms with Crippen LogP contribution in [0.15, 0.2) is 54.7 Å². The maximum Gasteiger partial charge on any atom is 0.248 e. The van der Waals surface area contributed by atoms with Gasteiger partial charge < -0.3 is 10.1 Å². The van der Waals surface area contributed by atoms with Crippen LogP contribution >= 0.6 is 0 Å². The van der Waals surface area contributed by atoms with Gasteiger partial charge >= 0.3 is 0 Å². The van der Waals surface area contributed by atoms with Crippen LogP contribution in [0, 0.1) is 0 Å². The summed E-state index contributed by atoms with van der Waals surface area (Å²) >= 11 is 0. The second kappa shape index (κ2) is 6.13. The van der Waals surface area contributed by atoms with Crippen LogP contribution in [-0.4, -0.2) is 23.2 Å². The standard InChI is InChI=1S/C17H15N3O2/c1-22-15-6-2-12(3-7-15)4-9-17(21)19-14-5-8-16-13(10-14)11-18-20-16/h2-11H,1H3,(H,18,20)(H,19,21)/b9-4+. The minimum absolute atomic E-state index is 0.182. The fourth-order valence-corrected chi connectivity index (χ4v) is 2.09. The topological polar surface area (TPSA) is 67.0 Å². The summed E-state index contributed by atoms with van der Waals surface area (Å²) in [7, 11) is 1.62. The van der Waals surface area contributed by atoms with Gasteiger partial charge in [-0.05, 0) is 42.0 Å². The average molecular weight is 293 g/mol. The van der Waals surface area contributed by atoms with Gasteiger partial charge in [0.1, 0.15) is 5.75 Å². The van der Waals surface area contributed by atoms with Crippen molar-refractivity contribution < 1.29 is 9.53 Å². The van der Waals surface area contributed by atoms with Crippen molar-refractivity contribution in [1.29, 1.82) is 0 Å². The molecule has 2 aromatic carbocycles. The van der Waals surface area contributed by atoms with Gasteiger partial charge in [0, 0.05) is 17.1 Å². The average Bonchev–Trinajstić information content (AvgIpc) is 3.01. The number of carbonyl (C=O) groups excluding carboxylic acids is 1. The van der Waals surface area contributed by atoms with Gasteiger partial charge in [-0.25, -0.2) is 0 Å². The number of aromatic nitrogens is 2. The van der Waals surface area contributed by atoms with Gasteiger partial charge in [-0.2, -0.15) is 5.10 Å². The number of methoxy groups -OCH3 is 1. The molecule has 0 radical (unpaired) electrons. The summed E-state index contributed by atoms with van der Waals surface area (Å²) in [6.45, 7) is 0. The number of hydrogen-bond acceptors (Lipinski definition) is 3. The fourth-order valence-electron chi connectivity index (χ4n) is 2.09. The third kappa shape index (κ3) is 3.15. The number of carbonyl (C=O) groups is 1. The Morgan fingerprint density at radius 3 is 2.82 bits per heavy atom. The molecule has 0 saturated carbocycles. The quantitative estimate of drug-likeness (QED) is 0.726. The van der Waals surface area contributed by atoms with Crippen LogP contribution in [0.4, 0.5) is 5.69 Å². The summed E-state index contributed by atoms with van der Waals surface area (Å²) in [4.78, 5) is 11.9. The van der Waals surface area contributed by atoms with E-state index < -0.39 is 0 Å². The number of H-pyrrole nitrogens is 1. The summed E-state index contributed by atoms with van der Waals surface area (Å²) in [5, 5.41) is 10.6. The van der Waals surface area contributed by atoms with Crippen LogP contribution in [0.25, 0.3) is 17.0 Å². The first-order chi connectivity index (χ1) is 10.7. The Hall–Kier alpha value is -3.08. The molecule has 5 nitrogen and oxygen atoms in total. The van der Waals surface area contributed by atoms with E-state index in [4.69, 9.17) is 4.74 Å². The number of nitrogens with zero attached hydrogens (tertiary/aromatic N) is 1. The van der Waals surface area contributed by atoms with Crippen molar-refractivity contribution in [2.45, 2.75) is 0 Å². The molecule has 0 bridgehead atoms. The zero-order valence-electron chi connectivity index (χ0n) is 12.0. The Morgan fingerprint density at radius 1 is 1.23 bits per heavy atom. The molecular formula is C17H15N3O2. The van der Waals surface area contributed by atoms with Crippen LogP contribution in [0.1, 0.15) is 5.56 Å². The van der Waals surface area contributed by atoms with E-state index in [0.717, 1.165) is 27.9 Å². The molecule has 1 aromatic heterocycles. The lowest BCUT2D eigenvalue weighted by Gasteiger charge is -2.02. The Balaban J connectivity index is 1.66. The van der Waals surface area contributed by atoms with Crippen LogP contribution in [0.2, 0.25) is 0 Å². The third-order valence-electron chi connectivity index (χ3n) is 3.25. The Labute approximate surface area is 127 Å². The number of fused-ring (bicyclic) bond motifs is 1. The second-order valence-electron chi connectivity index (χ2n) is 4.77. The van der Waals surface area contributed by atoms with Gasteiger partial charge in [0.2, 0.25) is 5.91 Å². The predicted octanol–water partition coefficient (Wildman–Crippen LogP) is 3.22. The first kappa shape index (κ1) is 13.9. The normalized spacial score (nSPS) is 11.0. The van der Waals surface area contributed by atoms with Gasteiger partial charge in [0.25, 0.3) is 0 Å². The number of ether oxygens (including phenoxy) is 1. The lowest BCUT2D eigenvalue weighted by molar-refractivity contribution is -0.111. The summed E-state index contributed by atoms with van der Waals surface area (Å²) in [5.74, 6) is 0.605. The van der Waals surface area contributed by atoms with Crippen LogP contribution in [-0.2, 0) is 4.79 Å². The number of anilines is 1. The number of amides is 1. The van der Waals surface area contributed by atoms with Crippen molar-refractivity contribution in [2.24, 2.45) is 0 Å².